The number of anilines is 1. The van der Waals surface area contributed by atoms with Gasteiger partial charge < -0.3 is 5.73 Å². The van der Waals surface area contributed by atoms with Crippen LogP contribution in [0.1, 0.15) is 13.8 Å². The molecule has 0 aliphatic heterocycles. The van der Waals surface area contributed by atoms with Gasteiger partial charge >= 0.3 is 0 Å². The Morgan fingerprint density at radius 2 is 2.07 bits per heavy atom. The van der Waals surface area contributed by atoms with E-state index in [0.717, 1.165) is 10.6 Å². The van der Waals surface area contributed by atoms with Crippen LogP contribution in [0, 0.1) is 0 Å². The minimum atomic E-state index is 0.287. The van der Waals surface area contributed by atoms with Crippen molar-refractivity contribution >= 4 is 18.3 Å². The predicted molar refractivity (Wildman–Crippen MR) is 63.4 cm³/mol. The second kappa shape index (κ2) is 7.67. The van der Waals surface area contributed by atoms with Crippen molar-refractivity contribution in [2.45, 2.75) is 24.8 Å². The maximum atomic E-state index is 5.41. The summed E-state index contributed by atoms with van der Waals surface area (Å²) in [4.78, 5) is 5.70. The molecule has 0 spiro atoms. The standard InChI is InChI=1S/C6H7NS.C4H11NO/c7-5-2-1-3-6(8)4-5;1-4(2)6-5-3/h1-4,8H,7H2;4-5H,1-3H3. The Morgan fingerprint density at radius 3 is 2.29 bits per heavy atom. The molecule has 0 fully saturated rings. The average molecular weight is 214 g/mol. The molecule has 0 unspecified atom stereocenters. The van der Waals surface area contributed by atoms with Crippen LogP contribution >= 0.6 is 12.6 Å². The molecule has 0 saturated carbocycles. The number of hydroxylamine groups is 1. The number of hydrogen-bond donors (Lipinski definition) is 3. The van der Waals surface area contributed by atoms with E-state index in [0.29, 0.717) is 0 Å². The van der Waals surface area contributed by atoms with Gasteiger partial charge in [-0.2, -0.15) is 0 Å². The van der Waals surface area contributed by atoms with Crippen molar-refractivity contribution in [3.05, 3.63) is 24.3 Å². The van der Waals surface area contributed by atoms with E-state index in [1.165, 1.54) is 0 Å². The molecular formula is C10H18N2OS. The Balaban J connectivity index is 0.000000255. The number of nitrogens with one attached hydrogen (secondary N) is 1. The predicted octanol–water partition coefficient (Wildman–Crippen LogP) is 2.10. The van der Waals surface area contributed by atoms with E-state index in [4.69, 9.17) is 10.6 Å². The van der Waals surface area contributed by atoms with Gasteiger partial charge in [0.05, 0.1) is 6.10 Å². The Kier molecular flexibility index (Phi) is 7.28. The molecule has 0 aromatic heterocycles. The maximum absolute atomic E-state index is 5.41. The lowest BCUT2D eigenvalue weighted by molar-refractivity contribution is 0.00953. The Labute approximate surface area is 91.0 Å². The fraction of sp³-hybridized carbons (Fsp3) is 0.400. The zero-order chi connectivity index (χ0) is 11.0. The summed E-state index contributed by atoms with van der Waals surface area (Å²) in [5.74, 6) is 0. The van der Waals surface area contributed by atoms with Gasteiger partial charge in [0.2, 0.25) is 0 Å². The van der Waals surface area contributed by atoms with E-state index in [1.807, 2.05) is 38.1 Å². The highest BCUT2D eigenvalue weighted by Crippen LogP contribution is 2.08. The van der Waals surface area contributed by atoms with Crippen LogP contribution in [0.4, 0.5) is 5.69 Å². The quantitative estimate of drug-likeness (QED) is 0.401. The van der Waals surface area contributed by atoms with Crippen LogP contribution in [0.25, 0.3) is 0 Å². The summed E-state index contributed by atoms with van der Waals surface area (Å²) in [6.07, 6.45) is 0.287. The molecule has 0 aliphatic carbocycles. The first-order valence-electron chi connectivity index (χ1n) is 4.43. The van der Waals surface area contributed by atoms with Crippen LogP contribution < -0.4 is 11.2 Å². The SMILES string of the molecule is CNOC(C)C.Nc1cccc(S)c1. The topological polar surface area (TPSA) is 47.3 Å². The first kappa shape index (κ1) is 13.3. The van der Waals surface area contributed by atoms with Crippen LogP contribution in [0.3, 0.4) is 0 Å². The van der Waals surface area contributed by atoms with Crippen molar-refractivity contribution in [2.24, 2.45) is 0 Å². The monoisotopic (exact) mass is 214 g/mol. The zero-order valence-corrected chi connectivity index (χ0v) is 9.71. The third kappa shape index (κ3) is 7.91. The molecule has 3 nitrogen and oxygen atoms in total. The van der Waals surface area contributed by atoms with Crippen molar-refractivity contribution < 1.29 is 4.84 Å². The Bertz CT molecular complexity index is 236. The van der Waals surface area contributed by atoms with E-state index in [1.54, 1.807) is 7.05 Å². The number of nitrogen functional groups attached to an aromatic ring is 1. The molecule has 4 heteroatoms. The zero-order valence-electron chi connectivity index (χ0n) is 8.82. The molecule has 0 atom stereocenters. The van der Waals surface area contributed by atoms with Crippen molar-refractivity contribution in [1.29, 1.82) is 0 Å². The van der Waals surface area contributed by atoms with Crippen molar-refractivity contribution in [3.8, 4) is 0 Å². The summed E-state index contributed by atoms with van der Waals surface area (Å²) in [5.41, 5.74) is 8.74. The third-order valence-corrected chi connectivity index (χ3v) is 1.50. The summed E-state index contributed by atoms with van der Waals surface area (Å²) < 4.78 is 0. The number of rotatable bonds is 2. The van der Waals surface area contributed by atoms with E-state index >= 15 is 0 Å². The first-order chi connectivity index (χ1) is 6.56. The van der Waals surface area contributed by atoms with Crippen molar-refractivity contribution in [2.75, 3.05) is 12.8 Å². The van der Waals surface area contributed by atoms with E-state index in [9.17, 15) is 0 Å². The van der Waals surface area contributed by atoms with Gasteiger partial charge in [-0.05, 0) is 32.0 Å². The number of nitrogens with two attached hydrogens (primary N) is 1. The second-order valence-electron chi connectivity index (χ2n) is 2.97. The minimum Gasteiger partial charge on any atom is -0.399 e. The molecule has 1 aromatic rings. The third-order valence-electron chi connectivity index (χ3n) is 1.22. The summed E-state index contributed by atoms with van der Waals surface area (Å²) in [5, 5.41) is 0. The molecule has 80 valence electrons. The van der Waals surface area contributed by atoms with E-state index in [2.05, 4.69) is 18.1 Å². The second-order valence-corrected chi connectivity index (χ2v) is 3.48. The van der Waals surface area contributed by atoms with Gasteiger partial charge in [-0.3, -0.25) is 4.84 Å². The van der Waals surface area contributed by atoms with Gasteiger partial charge in [0.15, 0.2) is 0 Å². The van der Waals surface area contributed by atoms with Gasteiger partial charge in [-0.25, -0.2) is 5.48 Å². The summed E-state index contributed by atoms with van der Waals surface area (Å²) in [6, 6.07) is 7.40. The lowest BCUT2D eigenvalue weighted by Crippen LogP contribution is -2.13. The fourth-order valence-electron chi connectivity index (χ4n) is 0.761. The van der Waals surface area contributed by atoms with Crippen LogP contribution in [-0.2, 0) is 4.84 Å². The summed E-state index contributed by atoms with van der Waals surface area (Å²) in [6.45, 7) is 3.94. The Hall–Kier alpha value is -0.710. The highest BCUT2D eigenvalue weighted by atomic mass is 32.1. The maximum Gasteiger partial charge on any atom is 0.0734 e. The molecule has 0 aliphatic rings. The van der Waals surface area contributed by atoms with Crippen molar-refractivity contribution in [3.63, 3.8) is 0 Å². The average Bonchev–Trinajstić information content (AvgIpc) is 2.03. The van der Waals surface area contributed by atoms with Crippen LogP contribution in [-0.4, -0.2) is 13.2 Å². The molecule has 0 heterocycles. The molecule has 0 radical (unpaired) electrons. The number of hydrogen-bond acceptors (Lipinski definition) is 4. The highest BCUT2D eigenvalue weighted by Gasteiger charge is 1.83. The molecule has 1 rings (SSSR count). The Morgan fingerprint density at radius 1 is 1.43 bits per heavy atom. The van der Waals surface area contributed by atoms with E-state index < -0.39 is 0 Å². The molecule has 0 bridgehead atoms. The molecular weight excluding hydrogens is 196 g/mol. The van der Waals surface area contributed by atoms with Gasteiger partial charge in [0.25, 0.3) is 0 Å². The molecule has 3 N–H and O–H groups in total. The summed E-state index contributed by atoms with van der Waals surface area (Å²) in [7, 11) is 1.75. The molecule has 1 aromatic carbocycles. The molecule has 14 heavy (non-hydrogen) atoms. The lowest BCUT2D eigenvalue weighted by atomic mass is 10.3. The van der Waals surface area contributed by atoms with E-state index in [-0.39, 0.29) is 6.10 Å². The molecule has 0 amide bonds. The summed E-state index contributed by atoms with van der Waals surface area (Å²) >= 11 is 4.07. The largest absolute Gasteiger partial charge is 0.399 e. The highest BCUT2D eigenvalue weighted by molar-refractivity contribution is 7.80. The van der Waals surface area contributed by atoms with Gasteiger partial charge in [-0.1, -0.05) is 6.07 Å². The van der Waals surface area contributed by atoms with Crippen LogP contribution in [0.15, 0.2) is 29.2 Å². The van der Waals surface area contributed by atoms with Gasteiger partial charge in [0, 0.05) is 17.6 Å². The van der Waals surface area contributed by atoms with Crippen LogP contribution in [0.2, 0.25) is 0 Å². The number of benzene rings is 1. The number of thiol groups is 1. The van der Waals surface area contributed by atoms with Crippen molar-refractivity contribution in [1.82, 2.24) is 5.48 Å². The first-order valence-corrected chi connectivity index (χ1v) is 4.88. The smallest absolute Gasteiger partial charge is 0.0734 e. The molecule has 0 saturated heterocycles. The van der Waals surface area contributed by atoms with Gasteiger partial charge in [-0.15, -0.1) is 12.6 Å². The normalized spacial score (nSPS) is 9.50. The van der Waals surface area contributed by atoms with Gasteiger partial charge in [0.1, 0.15) is 0 Å². The van der Waals surface area contributed by atoms with Crippen LogP contribution in [0.5, 0.6) is 0 Å². The minimum absolute atomic E-state index is 0.287. The fourth-order valence-corrected chi connectivity index (χ4v) is 0.996. The lowest BCUT2D eigenvalue weighted by Gasteiger charge is -2.01.